The lowest BCUT2D eigenvalue weighted by atomic mass is 9.97. The third kappa shape index (κ3) is 4.00. The molecule has 0 saturated heterocycles. The van der Waals surface area contributed by atoms with Crippen LogP contribution in [0.2, 0.25) is 0 Å². The predicted molar refractivity (Wildman–Crippen MR) is 100 cm³/mol. The first-order valence-corrected chi connectivity index (χ1v) is 8.40. The van der Waals surface area contributed by atoms with E-state index in [4.69, 9.17) is 11.5 Å². The van der Waals surface area contributed by atoms with Gasteiger partial charge in [0.1, 0.15) is 6.33 Å². The minimum atomic E-state index is 0.118. The fraction of sp³-hybridized carbons (Fsp3) is 0.333. The van der Waals surface area contributed by atoms with Crippen molar-refractivity contribution in [1.82, 2.24) is 15.0 Å². The second-order valence-corrected chi connectivity index (χ2v) is 6.03. The number of nitrogens with zero attached hydrogens (tertiary/aromatic N) is 4. The van der Waals surface area contributed by atoms with Crippen molar-refractivity contribution in [3.8, 4) is 11.4 Å². The SMILES string of the molecule is CN=C/C(=C\N)Nc1ncnc(-c2ccc3c(c2)CCCC[C@H]3N)n1. The van der Waals surface area contributed by atoms with E-state index in [1.54, 1.807) is 13.3 Å². The largest absolute Gasteiger partial charge is 0.403 e. The number of nitrogens with one attached hydrogen (secondary N) is 1. The summed E-state index contributed by atoms with van der Waals surface area (Å²) in [6.07, 6.45) is 8.92. The molecule has 0 saturated carbocycles. The maximum Gasteiger partial charge on any atom is 0.230 e. The summed E-state index contributed by atoms with van der Waals surface area (Å²) in [5.74, 6) is 1.04. The molecular formula is C18H23N7. The van der Waals surface area contributed by atoms with E-state index in [1.807, 2.05) is 6.07 Å². The molecule has 0 radical (unpaired) electrons. The third-order valence-electron chi connectivity index (χ3n) is 4.29. The second kappa shape index (κ2) is 7.85. The first kappa shape index (κ1) is 17.0. The number of hydrogen-bond donors (Lipinski definition) is 3. The van der Waals surface area contributed by atoms with Crippen LogP contribution < -0.4 is 16.8 Å². The molecule has 130 valence electrons. The van der Waals surface area contributed by atoms with Gasteiger partial charge >= 0.3 is 0 Å². The zero-order chi connectivity index (χ0) is 17.6. The van der Waals surface area contributed by atoms with Gasteiger partial charge in [0.15, 0.2) is 5.82 Å². The molecule has 3 rings (SSSR count). The van der Waals surface area contributed by atoms with E-state index in [9.17, 15) is 0 Å². The molecule has 7 nitrogen and oxygen atoms in total. The molecule has 1 aromatic carbocycles. The summed E-state index contributed by atoms with van der Waals surface area (Å²) in [5.41, 5.74) is 15.9. The van der Waals surface area contributed by atoms with Crippen LogP contribution in [-0.2, 0) is 6.42 Å². The Labute approximate surface area is 147 Å². The Morgan fingerprint density at radius 2 is 2.20 bits per heavy atom. The smallest absolute Gasteiger partial charge is 0.230 e. The van der Waals surface area contributed by atoms with Gasteiger partial charge in [0, 0.05) is 31.1 Å². The molecule has 5 N–H and O–H groups in total. The molecule has 7 heteroatoms. The fourth-order valence-electron chi connectivity index (χ4n) is 3.04. The average molecular weight is 337 g/mol. The number of nitrogens with two attached hydrogens (primary N) is 2. The Balaban J connectivity index is 1.90. The number of benzene rings is 1. The number of rotatable bonds is 4. The standard InChI is InChI=1S/C18H23N7/c1-21-10-14(9-19)24-18-23-11-22-17(25-18)13-6-7-15-12(8-13)4-2-3-5-16(15)20/h6-11,16H,2-5,19-20H2,1H3,(H,22,23,24,25)/b14-9+,21-10?/t16-/m1/s1. The highest BCUT2D eigenvalue weighted by Crippen LogP contribution is 2.30. The van der Waals surface area contributed by atoms with Gasteiger partial charge in [-0.3, -0.25) is 4.99 Å². The summed E-state index contributed by atoms with van der Waals surface area (Å²) in [7, 11) is 1.67. The van der Waals surface area contributed by atoms with Crippen LogP contribution in [0.1, 0.15) is 36.4 Å². The highest BCUT2D eigenvalue weighted by atomic mass is 15.1. The molecule has 0 unspecified atom stereocenters. The number of aryl methyl sites for hydroxylation is 1. The first-order valence-electron chi connectivity index (χ1n) is 8.40. The molecule has 2 aromatic rings. The van der Waals surface area contributed by atoms with E-state index in [2.05, 4.69) is 37.4 Å². The minimum absolute atomic E-state index is 0.118. The van der Waals surface area contributed by atoms with Gasteiger partial charge in [-0.1, -0.05) is 18.6 Å². The lowest BCUT2D eigenvalue weighted by Crippen LogP contribution is -2.10. The van der Waals surface area contributed by atoms with E-state index in [0.717, 1.165) is 31.2 Å². The monoisotopic (exact) mass is 337 g/mol. The Hall–Kier alpha value is -2.80. The highest BCUT2D eigenvalue weighted by Gasteiger charge is 2.16. The van der Waals surface area contributed by atoms with E-state index in [1.165, 1.54) is 23.7 Å². The van der Waals surface area contributed by atoms with Crippen molar-refractivity contribution in [1.29, 1.82) is 0 Å². The number of aliphatic imine (C=N–C) groups is 1. The molecule has 1 atom stereocenters. The van der Waals surface area contributed by atoms with Crippen LogP contribution in [0.15, 0.2) is 41.4 Å². The number of fused-ring (bicyclic) bond motifs is 1. The normalized spacial score (nSPS) is 18.0. The van der Waals surface area contributed by atoms with Crippen molar-refractivity contribution in [2.24, 2.45) is 16.5 Å². The topological polar surface area (TPSA) is 115 Å². The number of hydrogen-bond acceptors (Lipinski definition) is 7. The van der Waals surface area contributed by atoms with Gasteiger partial charge in [-0.05, 0) is 36.5 Å². The Morgan fingerprint density at radius 3 is 3.00 bits per heavy atom. The van der Waals surface area contributed by atoms with Crippen molar-refractivity contribution in [2.45, 2.75) is 31.7 Å². The van der Waals surface area contributed by atoms with Crippen LogP contribution >= 0.6 is 0 Å². The van der Waals surface area contributed by atoms with Gasteiger partial charge in [0.05, 0.1) is 5.70 Å². The van der Waals surface area contributed by atoms with Gasteiger partial charge in [-0.25, -0.2) is 9.97 Å². The van der Waals surface area contributed by atoms with Crippen LogP contribution in [0, 0.1) is 0 Å². The van der Waals surface area contributed by atoms with Gasteiger partial charge in [0.25, 0.3) is 0 Å². The summed E-state index contributed by atoms with van der Waals surface area (Å²) in [6.45, 7) is 0. The minimum Gasteiger partial charge on any atom is -0.403 e. The lowest BCUT2D eigenvalue weighted by Gasteiger charge is -2.13. The number of anilines is 1. The lowest BCUT2D eigenvalue weighted by molar-refractivity contribution is 0.615. The molecular weight excluding hydrogens is 314 g/mol. The summed E-state index contributed by atoms with van der Waals surface area (Å²) >= 11 is 0. The third-order valence-corrected chi connectivity index (χ3v) is 4.29. The van der Waals surface area contributed by atoms with Crippen molar-refractivity contribution in [2.75, 3.05) is 12.4 Å². The van der Waals surface area contributed by atoms with Gasteiger partial charge < -0.3 is 16.8 Å². The van der Waals surface area contributed by atoms with Crippen LogP contribution in [-0.4, -0.2) is 28.2 Å². The summed E-state index contributed by atoms with van der Waals surface area (Å²) < 4.78 is 0. The number of allylic oxidation sites excluding steroid dienone is 1. The average Bonchev–Trinajstić information content (AvgIpc) is 2.82. The van der Waals surface area contributed by atoms with E-state index >= 15 is 0 Å². The van der Waals surface area contributed by atoms with Crippen LogP contribution in [0.25, 0.3) is 11.4 Å². The highest BCUT2D eigenvalue weighted by molar-refractivity contribution is 5.81. The molecule has 1 aliphatic rings. The summed E-state index contributed by atoms with van der Waals surface area (Å²) in [5, 5.41) is 3.02. The van der Waals surface area contributed by atoms with Gasteiger partial charge in [-0.2, -0.15) is 4.98 Å². The van der Waals surface area contributed by atoms with Crippen LogP contribution in [0.3, 0.4) is 0 Å². The van der Waals surface area contributed by atoms with Crippen molar-refractivity contribution in [3.05, 3.63) is 47.6 Å². The molecule has 1 heterocycles. The van der Waals surface area contributed by atoms with E-state index < -0.39 is 0 Å². The fourth-order valence-corrected chi connectivity index (χ4v) is 3.04. The van der Waals surface area contributed by atoms with E-state index in [-0.39, 0.29) is 6.04 Å². The molecule has 0 fully saturated rings. The molecule has 25 heavy (non-hydrogen) atoms. The maximum absolute atomic E-state index is 6.28. The van der Waals surface area contributed by atoms with Gasteiger partial charge in [0.2, 0.25) is 5.95 Å². The maximum atomic E-state index is 6.28. The van der Waals surface area contributed by atoms with Crippen molar-refractivity contribution in [3.63, 3.8) is 0 Å². The van der Waals surface area contributed by atoms with Crippen molar-refractivity contribution < 1.29 is 0 Å². The molecule has 0 bridgehead atoms. The molecule has 0 aliphatic heterocycles. The zero-order valence-corrected chi connectivity index (χ0v) is 14.3. The summed E-state index contributed by atoms with van der Waals surface area (Å²) in [4.78, 5) is 16.9. The predicted octanol–water partition coefficient (Wildman–Crippen LogP) is 2.18. The first-order chi connectivity index (χ1) is 12.2. The van der Waals surface area contributed by atoms with Gasteiger partial charge in [-0.15, -0.1) is 0 Å². The Morgan fingerprint density at radius 1 is 1.32 bits per heavy atom. The van der Waals surface area contributed by atoms with Crippen molar-refractivity contribution >= 4 is 12.2 Å². The number of aromatic nitrogens is 3. The Kier molecular flexibility index (Phi) is 5.35. The summed E-state index contributed by atoms with van der Waals surface area (Å²) in [6, 6.07) is 6.39. The molecule has 1 aliphatic carbocycles. The Bertz CT molecular complexity index is 798. The second-order valence-electron chi connectivity index (χ2n) is 6.03. The molecule has 0 amide bonds. The molecule has 0 spiro atoms. The zero-order valence-electron chi connectivity index (χ0n) is 14.3. The quantitative estimate of drug-likeness (QED) is 0.582. The van der Waals surface area contributed by atoms with E-state index in [0.29, 0.717) is 17.5 Å². The van der Waals surface area contributed by atoms with Crippen LogP contribution in [0.4, 0.5) is 5.95 Å². The van der Waals surface area contributed by atoms with Crippen LogP contribution in [0.5, 0.6) is 0 Å². The molecule has 1 aromatic heterocycles.